The van der Waals surface area contributed by atoms with Gasteiger partial charge in [-0.15, -0.1) is 0 Å². The summed E-state index contributed by atoms with van der Waals surface area (Å²) in [5.41, 5.74) is 1.09. The molecule has 3 aromatic heterocycles. The summed E-state index contributed by atoms with van der Waals surface area (Å²) in [6.07, 6.45) is 0. The smallest absolute Gasteiger partial charge is 0.285 e. The third kappa shape index (κ3) is 1.67. The second-order valence-corrected chi connectivity index (χ2v) is 3.29. The number of nitrogens with zero attached hydrogens (tertiary/aromatic N) is 6. The first kappa shape index (κ1) is 11.1. The lowest BCUT2D eigenvalue weighted by Crippen LogP contribution is -1.93. The number of nitrogens with one attached hydrogen (secondary N) is 1. The Morgan fingerprint density at radius 2 is 1.37 bits per heavy atom. The maximum absolute atomic E-state index is 4.99. The largest absolute Gasteiger partial charge is 0.477 e. The van der Waals surface area contributed by atoms with Crippen LogP contribution in [0.25, 0.3) is 22.8 Å². The summed E-state index contributed by atoms with van der Waals surface area (Å²) in [6.45, 7) is 0. The highest BCUT2D eigenvalue weighted by molar-refractivity contribution is 5.80. The first-order valence-corrected chi connectivity index (χ1v) is 5.05. The summed E-state index contributed by atoms with van der Waals surface area (Å²) < 4.78 is 18.9. The van der Waals surface area contributed by atoms with Gasteiger partial charge in [-0.1, -0.05) is 0 Å². The molecule has 98 valence electrons. The van der Waals surface area contributed by atoms with E-state index in [2.05, 4.69) is 45.5 Å². The van der Waals surface area contributed by atoms with Crippen LogP contribution >= 0.6 is 0 Å². The molecule has 0 aliphatic carbocycles. The average Bonchev–Trinajstić information content (AvgIpc) is 3.16. The van der Waals surface area contributed by atoms with E-state index in [9.17, 15) is 0 Å². The molecule has 0 amide bonds. The molecule has 0 bridgehead atoms. The van der Waals surface area contributed by atoms with Gasteiger partial charge in [0.2, 0.25) is 11.5 Å². The second-order valence-electron chi connectivity index (χ2n) is 3.29. The van der Waals surface area contributed by atoms with E-state index in [4.69, 9.17) is 9.37 Å². The van der Waals surface area contributed by atoms with E-state index in [-0.39, 0.29) is 23.0 Å². The maximum Gasteiger partial charge on any atom is 0.285 e. The Labute approximate surface area is 104 Å². The first-order chi connectivity index (χ1) is 9.35. The van der Waals surface area contributed by atoms with Gasteiger partial charge in [-0.3, -0.25) is 0 Å². The molecule has 1 N–H and O–H groups in total. The molecule has 0 aliphatic rings. The Kier molecular flexibility index (Phi) is 2.55. The van der Waals surface area contributed by atoms with Crippen LogP contribution < -0.4 is 10.1 Å². The van der Waals surface area contributed by atoms with Crippen LogP contribution in [0.1, 0.15) is 0 Å². The Morgan fingerprint density at radius 3 is 2.11 bits per heavy atom. The lowest BCUT2D eigenvalue weighted by Gasteiger charge is -1.95. The summed E-state index contributed by atoms with van der Waals surface area (Å²) >= 11 is 0. The fraction of sp³-hybridized carbons (Fsp3) is 0.250. The SMILES string of the molecule is CNc1nonc1-c1nonc1-c1nonc1OC. The quantitative estimate of drug-likeness (QED) is 0.692. The van der Waals surface area contributed by atoms with Gasteiger partial charge in [0.05, 0.1) is 7.11 Å². The Balaban J connectivity index is 2.13. The minimum absolute atomic E-state index is 0.152. The summed E-state index contributed by atoms with van der Waals surface area (Å²) in [6, 6.07) is 0. The van der Waals surface area contributed by atoms with Gasteiger partial charge in [0.15, 0.2) is 17.1 Å². The second kappa shape index (κ2) is 4.36. The van der Waals surface area contributed by atoms with Crippen LogP contribution in [-0.4, -0.2) is 45.1 Å². The maximum atomic E-state index is 4.99. The zero-order valence-electron chi connectivity index (χ0n) is 9.82. The van der Waals surface area contributed by atoms with E-state index >= 15 is 0 Å². The van der Waals surface area contributed by atoms with E-state index in [1.54, 1.807) is 7.05 Å². The van der Waals surface area contributed by atoms with E-state index in [0.29, 0.717) is 11.5 Å². The predicted octanol–water partition coefficient (Wildman–Crippen LogP) is 0.220. The molecule has 0 aromatic carbocycles. The van der Waals surface area contributed by atoms with Crippen molar-refractivity contribution in [1.29, 1.82) is 0 Å². The normalized spacial score (nSPS) is 10.6. The van der Waals surface area contributed by atoms with E-state index < -0.39 is 0 Å². The molecule has 0 fully saturated rings. The Bertz CT molecular complexity index is 630. The molecule has 0 atom stereocenters. The van der Waals surface area contributed by atoms with Crippen LogP contribution in [0.3, 0.4) is 0 Å². The minimum atomic E-state index is 0.152. The topological polar surface area (TPSA) is 138 Å². The first-order valence-electron chi connectivity index (χ1n) is 5.05. The van der Waals surface area contributed by atoms with E-state index in [1.807, 2.05) is 0 Å². The Hall–Kier alpha value is -2.98. The number of hydrogen-bond donors (Lipinski definition) is 1. The number of hydrogen-bond acceptors (Lipinski definition) is 11. The highest BCUT2D eigenvalue weighted by Crippen LogP contribution is 2.33. The lowest BCUT2D eigenvalue weighted by molar-refractivity contribution is 0.281. The standard InChI is InChI=1S/C8H7N7O4/c1-9-7-5(12-18-14-7)3-4(11-17-10-3)6-8(16-2)15-19-13-6/h1-2H3,(H,9,14). The van der Waals surface area contributed by atoms with Gasteiger partial charge in [0.25, 0.3) is 5.88 Å². The van der Waals surface area contributed by atoms with Crippen molar-refractivity contribution >= 4 is 5.82 Å². The van der Waals surface area contributed by atoms with Gasteiger partial charge in [-0.25, -0.2) is 13.9 Å². The lowest BCUT2D eigenvalue weighted by atomic mass is 10.2. The zero-order chi connectivity index (χ0) is 13.2. The monoisotopic (exact) mass is 265 g/mol. The third-order valence-electron chi connectivity index (χ3n) is 2.31. The number of rotatable bonds is 4. The zero-order valence-corrected chi connectivity index (χ0v) is 9.82. The van der Waals surface area contributed by atoms with Crippen LogP contribution in [-0.2, 0) is 0 Å². The van der Waals surface area contributed by atoms with Crippen LogP contribution in [0.4, 0.5) is 5.82 Å². The van der Waals surface area contributed by atoms with Gasteiger partial charge in [-0.05, 0) is 30.9 Å². The van der Waals surface area contributed by atoms with Gasteiger partial charge < -0.3 is 10.1 Å². The van der Waals surface area contributed by atoms with Crippen LogP contribution in [0, 0.1) is 0 Å². The minimum Gasteiger partial charge on any atom is -0.477 e. The molecular formula is C8H7N7O4. The van der Waals surface area contributed by atoms with Crippen molar-refractivity contribution in [2.24, 2.45) is 0 Å². The van der Waals surface area contributed by atoms with Crippen molar-refractivity contribution in [2.75, 3.05) is 19.5 Å². The van der Waals surface area contributed by atoms with Crippen molar-refractivity contribution < 1.29 is 18.6 Å². The third-order valence-corrected chi connectivity index (χ3v) is 2.31. The number of anilines is 1. The molecule has 3 heterocycles. The van der Waals surface area contributed by atoms with Crippen molar-refractivity contribution in [3.05, 3.63) is 0 Å². The summed E-state index contributed by atoms with van der Waals surface area (Å²) in [7, 11) is 3.08. The summed E-state index contributed by atoms with van der Waals surface area (Å²) in [5.74, 6) is 0.534. The molecule has 0 radical (unpaired) electrons. The molecule has 11 heteroatoms. The fourth-order valence-electron chi connectivity index (χ4n) is 1.47. The highest BCUT2D eigenvalue weighted by atomic mass is 16.6. The van der Waals surface area contributed by atoms with Crippen molar-refractivity contribution in [3.63, 3.8) is 0 Å². The van der Waals surface area contributed by atoms with E-state index in [0.717, 1.165) is 0 Å². The molecule has 0 aliphatic heterocycles. The van der Waals surface area contributed by atoms with Crippen LogP contribution in [0.15, 0.2) is 13.9 Å². The molecule has 0 saturated heterocycles. The Morgan fingerprint density at radius 1 is 0.789 bits per heavy atom. The highest BCUT2D eigenvalue weighted by Gasteiger charge is 2.27. The number of ether oxygens (including phenoxy) is 1. The number of methoxy groups -OCH3 is 1. The number of aromatic nitrogens is 6. The van der Waals surface area contributed by atoms with Crippen molar-refractivity contribution in [3.8, 4) is 28.7 Å². The fourth-order valence-corrected chi connectivity index (χ4v) is 1.47. The average molecular weight is 265 g/mol. The molecule has 11 nitrogen and oxygen atoms in total. The van der Waals surface area contributed by atoms with Gasteiger partial charge in [-0.2, -0.15) is 0 Å². The molecule has 3 rings (SSSR count). The van der Waals surface area contributed by atoms with Gasteiger partial charge in [0.1, 0.15) is 0 Å². The van der Waals surface area contributed by atoms with Gasteiger partial charge >= 0.3 is 0 Å². The predicted molar refractivity (Wildman–Crippen MR) is 57.0 cm³/mol. The van der Waals surface area contributed by atoms with Crippen LogP contribution in [0.2, 0.25) is 0 Å². The molecule has 0 unspecified atom stereocenters. The molecular weight excluding hydrogens is 258 g/mol. The molecule has 0 saturated carbocycles. The van der Waals surface area contributed by atoms with Gasteiger partial charge in [0, 0.05) is 7.05 Å². The molecule has 3 aromatic rings. The van der Waals surface area contributed by atoms with Crippen molar-refractivity contribution in [2.45, 2.75) is 0 Å². The van der Waals surface area contributed by atoms with E-state index in [1.165, 1.54) is 7.11 Å². The summed E-state index contributed by atoms with van der Waals surface area (Å²) in [4.78, 5) is 0. The summed E-state index contributed by atoms with van der Waals surface area (Å²) in [5, 5.41) is 24.9. The van der Waals surface area contributed by atoms with Crippen molar-refractivity contribution in [1.82, 2.24) is 30.9 Å². The molecule has 19 heavy (non-hydrogen) atoms. The van der Waals surface area contributed by atoms with Crippen LogP contribution in [0.5, 0.6) is 5.88 Å². The molecule has 0 spiro atoms.